The second-order valence-electron chi connectivity index (χ2n) is 7.57. The Labute approximate surface area is 193 Å². The van der Waals surface area contributed by atoms with E-state index >= 15 is 4.39 Å². The molecule has 0 bridgehead atoms. The second-order valence-corrected chi connectivity index (χ2v) is 8.38. The Balaban J connectivity index is 1.44. The molecule has 1 spiro atoms. The van der Waals surface area contributed by atoms with Crippen LogP contribution in [0, 0.1) is 5.82 Å². The summed E-state index contributed by atoms with van der Waals surface area (Å²) in [5.41, 5.74) is 0.660. The van der Waals surface area contributed by atoms with Crippen molar-refractivity contribution in [3.8, 4) is 17.5 Å². The van der Waals surface area contributed by atoms with Gasteiger partial charge in [-0.3, -0.25) is 9.62 Å². The Morgan fingerprint density at radius 3 is 2.85 bits per heavy atom. The van der Waals surface area contributed by atoms with Gasteiger partial charge in [0.2, 0.25) is 0 Å². The molecule has 2 aliphatic rings. The first-order valence-electron chi connectivity index (χ1n) is 10.3. The molecular weight excluding hydrogens is 449 g/mol. The minimum Gasteiger partial charge on any atom is -0.423 e. The number of amides is 1. The number of nitrogens with zero attached hydrogens (tertiary/aromatic N) is 5. The van der Waals surface area contributed by atoms with Gasteiger partial charge in [0.05, 0.1) is 24.5 Å². The largest absolute Gasteiger partial charge is 0.423 e. The van der Waals surface area contributed by atoms with E-state index < -0.39 is 17.4 Å². The maximum Gasteiger partial charge on any atom is 0.416 e. The van der Waals surface area contributed by atoms with Gasteiger partial charge < -0.3 is 9.47 Å². The number of anilines is 1. The highest BCUT2D eigenvalue weighted by Gasteiger charge is 2.51. The van der Waals surface area contributed by atoms with Gasteiger partial charge in [0.15, 0.2) is 11.6 Å². The van der Waals surface area contributed by atoms with E-state index in [2.05, 4.69) is 29.6 Å². The molecule has 33 heavy (non-hydrogen) atoms. The van der Waals surface area contributed by atoms with E-state index in [0.29, 0.717) is 17.1 Å². The van der Waals surface area contributed by atoms with Crippen molar-refractivity contribution >= 4 is 24.0 Å². The van der Waals surface area contributed by atoms with Gasteiger partial charge in [-0.15, -0.1) is 0 Å². The van der Waals surface area contributed by atoms with Crippen LogP contribution in [0.15, 0.2) is 42.9 Å². The molecule has 0 unspecified atom stereocenters. The average Bonchev–Trinajstić information content (AvgIpc) is 2.79. The fourth-order valence-corrected chi connectivity index (χ4v) is 4.45. The molecular formula is C21H20FN7O3S. The highest BCUT2D eigenvalue weighted by atomic mass is 32.2. The van der Waals surface area contributed by atoms with Gasteiger partial charge >= 0.3 is 12.1 Å². The van der Waals surface area contributed by atoms with E-state index in [0.717, 1.165) is 37.0 Å². The van der Waals surface area contributed by atoms with Crippen molar-refractivity contribution < 1.29 is 18.7 Å². The number of hydrogen-bond donors (Lipinski definition) is 2. The molecule has 0 radical (unpaired) electrons. The van der Waals surface area contributed by atoms with Crippen molar-refractivity contribution in [1.82, 2.24) is 29.8 Å². The molecule has 0 atom stereocenters. The van der Waals surface area contributed by atoms with Crippen LogP contribution >= 0.6 is 12.1 Å². The third-order valence-corrected chi connectivity index (χ3v) is 6.29. The van der Waals surface area contributed by atoms with Gasteiger partial charge in [0.25, 0.3) is 0 Å². The molecule has 0 saturated heterocycles. The summed E-state index contributed by atoms with van der Waals surface area (Å²) in [7, 11) is 1.71. The molecule has 5 rings (SSSR count). The lowest BCUT2D eigenvalue weighted by Gasteiger charge is -2.52. The predicted molar refractivity (Wildman–Crippen MR) is 118 cm³/mol. The van der Waals surface area contributed by atoms with Gasteiger partial charge in [0, 0.05) is 35.5 Å². The zero-order chi connectivity index (χ0) is 22.8. The topological polar surface area (TPSA) is 114 Å². The van der Waals surface area contributed by atoms with Crippen LogP contribution in [0.25, 0.3) is 0 Å². The Bertz CT molecular complexity index is 1180. The summed E-state index contributed by atoms with van der Waals surface area (Å²) in [4.78, 5) is 22.7. The van der Waals surface area contributed by atoms with E-state index in [-0.39, 0.29) is 18.4 Å². The molecule has 1 saturated carbocycles. The lowest BCUT2D eigenvalue weighted by molar-refractivity contribution is 0.00112. The fourth-order valence-electron chi connectivity index (χ4n) is 4.11. The summed E-state index contributed by atoms with van der Waals surface area (Å²) in [6, 6.07) is 6.96. The number of halogens is 1. The zero-order valence-electron chi connectivity index (χ0n) is 17.6. The number of ether oxygens (including phenoxy) is 2. The van der Waals surface area contributed by atoms with Gasteiger partial charge in [0.1, 0.15) is 11.5 Å². The Hall–Kier alpha value is -3.51. The van der Waals surface area contributed by atoms with Crippen molar-refractivity contribution in [3.63, 3.8) is 0 Å². The van der Waals surface area contributed by atoms with E-state index in [1.807, 2.05) is 6.07 Å². The summed E-state index contributed by atoms with van der Waals surface area (Å²) >= 11 is 1.11. The van der Waals surface area contributed by atoms with Gasteiger partial charge in [-0.2, -0.15) is 5.10 Å². The molecule has 2 aromatic heterocycles. The third kappa shape index (κ3) is 3.91. The van der Waals surface area contributed by atoms with Crippen molar-refractivity contribution in [2.75, 3.05) is 11.8 Å². The van der Waals surface area contributed by atoms with Crippen molar-refractivity contribution in [2.24, 2.45) is 0 Å². The number of benzene rings is 1. The molecule has 1 aliphatic carbocycles. The summed E-state index contributed by atoms with van der Waals surface area (Å²) in [6.07, 6.45) is 6.36. The summed E-state index contributed by atoms with van der Waals surface area (Å²) in [6.45, 7) is 0.0628. The first-order chi connectivity index (χ1) is 16.1. The molecule has 1 fully saturated rings. The van der Waals surface area contributed by atoms with Gasteiger partial charge in [-0.1, -0.05) is 5.10 Å². The molecule has 10 nitrogen and oxygen atoms in total. The maximum absolute atomic E-state index is 15.0. The number of rotatable bonds is 7. The van der Waals surface area contributed by atoms with Crippen LogP contribution in [0.1, 0.15) is 30.4 Å². The fraction of sp³-hybridized carbons (Fsp3) is 0.286. The molecule has 3 aromatic rings. The monoisotopic (exact) mass is 469 g/mol. The van der Waals surface area contributed by atoms with Gasteiger partial charge in [-0.05, 0) is 44.5 Å². The van der Waals surface area contributed by atoms with Crippen LogP contribution in [0.4, 0.5) is 15.0 Å². The first-order valence-corrected chi connectivity index (χ1v) is 11.1. The average molecular weight is 470 g/mol. The highest BCUT2D eigenvalue weighted by molar-refractivity contribution is 7.98. The first kappa shape index (κ1) is 21.3. The summed E-state index contributed by atoms with van der Waals surface area (Å²) in [5, 5.41) is 7.53. The van der Waals surface area contributed by atoms with Crippen molar-refractivity contribution in [2.45, 2.75) is 31.3 Å². The smallest absolute Gasteiger partial charge is 0.416 e. The lowest BCUT2D eigenvalue weighted by atomic mass is 9.69. The molecule has 2 N–H and O–H groups in total. The number of fused-ring (bicyclic) bond motifs is 2. The number of hydrogen-bond acceptors (Lipinski definition) is 10. The van der Waals surface area contributed by atoms with Crippen molar-refractivity contribution in [1.29, 1.82) is 0 Å². The minimum atomic E-state index is -0.559. The molecule has 1 aliphatic heterocycles. The number of pyridine rings is 1. The van der Waals surface area contributed by atoms with E-state index in [1.54, 1.807) is 30.1 Å². The molecule has 1 aromatic carbocycles. The van der Waals surface area contributed by atoms with E-state index in [1.165, 1.54) is 18.6 Å². The van der Waals surface area contributed by atoms with Crippen LogP contribution in [0.3, 0.4) is 0 Å². The van der Waals surface area contributed by atoms with Crippen LogP contribution in [0.5, 0.6) is 17.5 Å². The maximum atomic E-state index is 15.0. The Morgan fingerprint density at radius 2 is 2.12 bits per heavy atom. The van der Waals surface area contributed by atoms with Crippen LogP contribution in [-0.2, 0) is 12.1 Å². The van der Waals surface area contributed by atoms with Crippen LogP contribution in [0.2, 0.25) is 0 Å². The summed E-state index contributed by atoms with van der Waals surface area (Å²) < 4.78 is 31.9. The summed E-state index contributed by atoms with van der Waals surface area (Å²) in [5.74, 6) is 0.434. The highest BCUT2D eigenvalue weighted by Crippen LogP contribution is 2.53. The van der Waals surface area contributed by atoms with Gasteiger partial charge in [-0.25, -0.2) is 23.9 Å². The Morgan fingerprint density at radius 1 is 1.24 bits per heavy atom. The molecule has 12 heteroatoms. The number of carbonyl (C=O) groups is 1. The quantitative estimate of drug-likeness (QED) is 0.495. The molecule has 1 amide bonds. The third-order valence-electron chi connectivity index (χ3n) is 5.79. The standard InChI is InChI=1S/C21H20FN7O3S/c1-23-33-28-18-17(22)13(5-8-24-18)12-29-20(30)32-16-11-14(31-19-25-9-10-26-27-19)3-4-15(16)21(29)6-2-7-21/h3-5,8-11,23H,2,6-7,12H2,1H3,(H,24,28). The number of aromatic nitrogens is 4. The molecule has 3 heterocycles. The van der Waals surface area contributed by atoms with E-state index in [9.17, 15) is 4.79 Å². The van der Waals surface area contributed by atoms with Crippen LogP contribution in [-0.4, -0.2) is 38.2 Å². The normalized spacial score (nSPS) is 16.1. The van der Waals surface area contributed by atoms with E-state index in [4.69, 9.17) is 9.47 Å². The predicted octanol–water partition coefficient (Wildman–Crippen LogP) is 3.79. The number of nitrogens with one attached hydrogen (secondary N) is 2. The van der Waals surface area contributed by atoms with Crippen LogP contribution < -0.4 is 18.9 Å². The SMILES string of the molecule is CNSNc1nccc(CN2C(=O)Oc3cc(Oc4nccnn4)ccc3C23CCC3)c1F. The zero-order valence-corrected chi connectivity index (χ0v) is 18.4. The second kappa shape index (κ2) is 8.79. The lowest BCUT2D eigenvalue weighted by Crippen LogP contribution is -2.57. The number of carbonyl (C=O) groups excluding carboxylic acids is 1. The minimum absolute atomic E-state index is 0.0628. The molecule has 170 valence electrons. The Kier molecular flexibility index (Phi) is 5.68. The van der Waals surface area contributed by atoms with Crippen molar-refractivity contribution in [3.05, 3.63) is 59.8 Å².